The second kappa shape index (κ2) is 12.4. The number of allylic oxidation sites excluding steroid dienone is 1. The molecule has 0 spiro atoms. The first-order valence-electron chi connectivity index (χ1n) is 12.4. The van der Waals surface area contributed by atoms with E-state index in [0.717, 1.165) is 16.7 Å². The van der Waals surface area contributed by atoms with Gasteiger partial charge in [-0.05, 0) is 36.6 Å². The highest BCUT2D eigenvalue weighted by atomic mass is 16.5. The van der Waals surface area contributed by atoms with Crippen LogP contribution >= 0.6 is 0 Å². The molecule has 5 nitrogen and oxygen atoms in total. The number of nitrogens with one attached hydrogen (secondary N) is 1. The maximum atomic E-state index is 13.7. The highest BCUT2D eigenvalue weighted by Gasteiger charge is 2.38. The Kier molecular flexibility index (Phi) is 8.57. The predicted octanol–water partition coefficient (Wildman–Crippen LogP) is 5.64. The van der Waals surface area contributed by atoms with Crippen molar-refractivity contribution >= 4 is 17.6 Å². The molecule has 37 heavy (non-hydrogen) atoms. The summed E-state index contributed by atoms with van der Waals surface area (Å²) in [6, 6.07) is 28.5. The number of hydrogen-bond donors (Lipinski definition) is 1. The maximum absolute atomic E-state index is 13.7. The molecule has 3 aromatic carbocycles. The van der Waals surface area contributed by atoms with Crippen LogP contribution in [-0.4, -0.2) is 18.5 Å². The molecule has 0 unspecified atom stereocenters. The van der Waals surface area contributed by atoms with Gasteiger partial charge in [0.15, 0.2) is 0 Å². The maximum Gasteiger partial charge on any atom is 0.338 e. The summed E-state index contributed by atoms with van der Waals surface area (Å²) in [5, 5.41) is 3.36. The monoisotopic (exact) mass is 491 g/mol. The van der Waals surface area contributed by atoms with Crippen molar-refractivity contribution in [3.8, 4) is 11.8 Å². The molecule has 4 rings (SSSR count). The van der Waals surface area contributed by atoms with Crippen LogP contribution in [0.25, 0.3) is 5.70 Å². The quantitative estimate of drug-likeness (QED) is 0.342. The topological polar surface area (TPSA) is 64.6 Å². The second-order valence-electron chi connectivity index (χ2n) is 8.38. The number of ether oxygens (including phenoxy) is 2. The predicted molar refractivity (Wildman–Crippen MR) is 143 cm³/mol. The molecule has 1 aliphatic rings. The molecule has 0 amide bonds. The Morgan fingerprint density at radius 1 is 0.784 bits per heavy atom. The van der Waals surface area contributed by atoms with Crippen LogP contribution in [0.1, 0.15) is 37.0 Å². The smallest absolute Gasteiger partial charge is 0.338 e. The molecule has 0 aromatic heterocycles. The highest BCUT2D eigenvalue weighted by molar-refractivity contribution is 6.04. The van der Waals surface area contributed by atoms with E-state index in [-0.39, 0.29) is 18.8 Å². The van der Waals surface area contributed by atoms with E-state index in [0.29, 0.717) is 23.4 Å². The molecule has 186 valence electrons. The third-order valence-electron chi connectivity index (χ3n) is 5.93. The van der Waals surface area contributed by atoms with Gasteiger partial charge in [0.25, 0.3) is 0 Å². The summed E-state index contributed by atoms with van der Waals surface area (Å²) in [5.74, 6) is 4.49. The van der Waals surface area contributed by atoms with Crippen LogP contribution in [0.3, 0.4) is 0 Å². The SMILES string of the molecule is CCOC(=O)C1=C(CC)NC(c2ccccc2)=C(C(=O)OCc2ccccc2)[C@H]1C#Cc1ccccc1. The fraction of sp³-hybridized carbons (Fsp3) is 0.188. The molecule has 1 N–H and O–H groups in total. The highest BCUT2D eigenvalue weighted by Crippen LogP contribution is 2.36. The Morgan fingerprint density at radius 3 is 2.00 bits per heavy atom. The van der Waals surface area contributed by atoms with Crippen molar-refractivity contribution in [1.29, 1.82) is 0 Å². The lowest BCUT2D eigenvalue weighted by atomic mass is 9.83. The second-order valence-corrected chi connectivity index (χ2v) is 8.38. The van der Waals surface area contributed by atoms with Crippen molar-refractivity contribution in [2.75, 3.05) is 6.61 Å². The van der Waals surface area contributed by atoms with E-state index in [9.17, 15) is 9.59 Å². The van der Waals surface area contributed by atoms with E-state index < -0.39 is 17.9 Å². The van der Waals surface area contributed by atoms with Gasteiger partial charge in [-0.1, -0.05) is 97.6 Å². The molecule has 0 saturated heterocycles. The van der Waals surface area contributed by atoms with Crippen molar-refractivity contribution in [1.82, 2.24) is 5.32 Å². The van der Waals surface area contributed by atoms with E-state index in [1.165, 1.54) is 0 Å². The molecule has 0 fully saturated rings. The van der Waals surface area contributed by atoms with Crippen LogP contribution in [0.4, 0.5) is 0 Å². The van der Waals surface area contributed by atoms with Crippen molar-refractivity contribution in [3.63, 3.8) is 0 Å². The van der Waals surface area contributed by atoms with Gasteiger partial charge in [0.2, 0.25) is 0 Å². The lowest BCUT2D eigenvalue weighted by Crippen LogP contribution is -2.34. The van der Waals surface area contributed by atoms with E-state index in [4.69, 9.17) is 9.47 Å². The van der Waals surface area contributed by atoms with Crippen LogP contribution in [0, 0.1) is 17.8 Å². The van der Waals surface area contributed by atoms with Crippen LogP contribution in [0.15, 0.2) is 108 Å². The molecule has 0 saturated carbocycles. The van der Waals surface area contributed by atoms with E-state index in [1.807, 2.05) is 97.9 Å². The van der Waals surface area contributed by atoms with Crippen LogP contribution in [0.5, 0.6) is 0 Å². The van der Waals surface area contributed by atoms with Gasteiger partial charge in [0.05, 0.1) is 29.4 Å². The number of hydrogen-bond acceptors (Lipinski definition) is 5. The summed E-state index contributed by atoms with van der Waals surface area (Å²) in [4.78, 5) is 27.0. The van der Waals surface area contributed by atoms with Gasteiger partial charge in [-0.25, -0.2) is 9.59 Å². The van der Waals surface area contributed by atoms with E-state index in [2.05, 4.69) is 17.2 Å². The average molecular weight is 492 g/mol. The zero-order valence-electron chi connectivity index (χ0n) is 21.0. The Balaban J connectivity index is 1.86. The number of benzene rings is 3. The van der Waals surface area contributed by atoms with E-state index in [1.54, 1.807) is 6.92 Å². The lowest BCUT2D eigenvalue weighted by molar-refractivity contribution is -0.140. The Bertz CT molecular complexity index is 1360. The van der Waals surface area contributed by atoms with Crippen LogP contribution in [-0.2, 0) is 25.7 Å². The number of carbonyl (C=O) groups is 2. The molecular weight excluding hydrogens is 462 g/mol. The van der Waals surface area contributed by atoms with Crippen LogP contribution < -0.4 is 5.32 Å². The summed E-state index contributed by atoms with van der Waals surface area (Å²) >= 11 is 0. The van der Waals surface area contributed by atoms with Gasteiger partial charge >= 0.3 is 11.9 Å². The molecule has 3 aromatic rings. The Hall–Kier alpha value is -4.56. The zero-order chi connectivity index (χ0) is 26.0. The van der Waals surface area contributed by atoms with Crippen molar-refractivity contribution in [2.24, 2.45) is 5.92 Å². The molecule has 0 bridgehead atoms. The molecule has 1 aliphatic heterocycles. The van der Waals surface area contributed by atoms with Crippen molar-refractivity contribution < 1.29 is 19.1 Å². The summed E-state index contributed by atoms with van der Waals surface area (Å²) in [6.45, 7) is 4.01. The minimum absolute atomic E-state index is 0.100. The van der Waals surface area contributed by atoms with Gasteiger partial charge in [-0.15, -0.1) is 0 Å². The molecule has 0 aliphatic carbocycles. The third-order valence-corrected chi connectivity index (χ3v) is 5.93. The van der Waals surface area contributed by atoms with Gasteiger partial charge in [0, 0.05) is 11.3 Å². The molecule has 1 heterocycles. The Morgan fingerprint density at radius 2 is 1.38 bits per heavy atom. The van der Waals surface area contributed by atoms with Gasteiger partial charge < -0.3 is 14.8 Å². The zero-order valence-corrected chi connectivity index (χ0v) is 21.0. The third kappa shape index (κ3) is 6.17. The standard InChI is InChI=1S/C32H29NO4/c1-3-27-28(31(34)36-4-2)26(21-20-23-14-8-5-9-15-23)29(30(33-27)25-18-12-7-13-19-25)32(35)37-22-24-16-10-6-11-17-24/h5-19,26,33H,3-4,22H2,1-2H3/t26-/m0/s1. The summed E-state index contributed by atoms with van der Waals surface area (Å²) in [6.07, 6.45) is 0.528. The molecule has 5 heteroatoms. The minimum atomic E-state index is -0.839. The van der Waals surface area contributed by atoms with Crippen LogP contribution in [0.2, 0.25) is 0 Å². The summed E-state index contributed by atoms with van der Waals surface area (Å²) in [7, 11) is 0. The summed E-state index contributed by atoms with van der Waals surface area (Å²) in [5.41, 5.74) is 4.31. The molecular formula is C32H29NO4. The van der Waals surface area contributed by atoms with E-state index >= 15 is 0 Å². The number of carbonyl (C=O) groups excluding carboxylic acids is 2. The fourth-order valence-electron chi connectivity index (χ4n) is 4.15. The lowest BCUT2D eigenvalue weighted by Gasteiger charge is -2.30. The van der Waals surface area contributed by atoms with Gasteiger partial charge in [-0.3, -0.25) is 0 Å². The first kappa shape index (κ1) is 25.5. The largest absolute Gasteiger partial charge is 0.463 e. The number of rotatable bonds is 7. The first-order chi connectivity index (χ1) is 18.1. The average Bonchev–Trinajstić information content (AvgIpc) is 2.95. The van der Waals surface area contributed by atoms with Gasteiger partial charge in [-0.2, -0.15) is 0 Å². The van der Waals surface area contributed by atoms with Crippen molar-refractivity contribution in [3.05, 3.63) is 125 Å². The normalized spacial score (nSPS) is 14.8. The molecule has 0 radical (unpaired) electrons. The number of dihydropyridines is 1. The van der Waals surface area contributed by atoms with Gasteiger partial charge in [0.1, 0.15) is 6.61 Å². The minimum Gasteiger partial charge on any atom is -0.463 e. The Labute approximate surface area is 217 Å². The first-order valence-corrected chi connectivity index (χ1v) is 12.4. The summed E-state index contributed by atoms with van der Waals surface area (Å²) < 4.78 is 11.2. The number of esters is 2. The fourth-order valence-corrected chi connectivity index (χ4v) is 4.15. The molecule has 1 atom stereocenters. The van der Waals surface area contributed by atoms with Crippen molar-refractivity contribution in [2.45, 2.75) is 26.9 Å².